The standard InChI is InChI=1S/C35H37N5O6S/c1-2-31(34(43)39-16-18-44-19-17-39)47-35-36-28-21-30-29(45-23-46-30)20-27(28)33(42)40(35)22-24-8-10-25(11-9-24)32(41)38-14-12-37(13-15-38)26-6-4-3-5-7-26/h3-11,20-21,31H,2,12-19,22-23H2,1H3/t31-/m1/s1. The van der Waals surface area contributed by atoms with Crippen molar-refractivity contribution in [3.8, 4) is 11.5 Å². The number of aromatic nitrogens is 2. The Kier molecular flexibility index (Phi) is 9.03. The van der Waals surface area contributed by atoms with Gasteiger partial charge in [0.2, 0.25) is 12.7 Å². The quantitative estimate of drug-likeness (QED) is 0.207. The molecule has 1 aromatic heterocycles. The lowest BCUT2D eigenvalue weighted by Crippen LogP contribution is -2.48. The smallest absolute Gasteiger partial charge is 0.262 e. The number of piperazine rings is 1. The number of hydrogen-bond acceptors (Lipinski definition) is 9. The molecule has 12 heteroatoms. The van der Waals surface area contributed by atoms with E-state index in [1.54, 1.807) is 16.7 Å². The van der Waals surface area contributed by atoms with Crippen LogP contribution in [0.15, 0.2) is 76.7 Å². The van der Waals surface area contributed by atoms with Gasteiger partial charge in [0.25, 0.3) is 11.5 Å². The van der Waals surface area contributed by atoms with Gasteiger partial charge in [-0.05, 0) is 42.3 Å². The van der Waals surface area contributed by atoms with E-state index in [1.807, 2.05) is 59.2 Å². The zero-order valence-corrected chi connectivity index (χ0v) is 27.1. The number of carbonyl (C=O) groups is 2. The summed E-state index contributed by atoms with van der Waals surface area (Å²) in [5.74, 6) is 1.05. The highest BCUT2D eigenvalue weighted by Crippen LogP contribution is 2.36. The molecule has 2 fully saturated rings. The summed E-state index contributed by atoms with van der Waals surface area (Å²) in [5, 5.41) is 0.443. The van der Waals surface area contributed by atoms with Crippen LogP contribution in [0, 0.1) is 0 Å². The SMILES string of the molecule is CC[C@@H](Sc1nc2cc3c(cc2c(=O)n1Cc1ccc(C(=O)N2CCN(c4ccccc4)CC2)cc1)OCO3)C(=O)N1CCOCC1. The molecule has 3 aliphatic heterocycles. The Morgan fingerprint density at radius 2 is 1.57 bits per heavy atom. The van der Waals surface area contributed by atoms with Gasteiger partial charge in [-0.1, -0.05) is 49.0 Å². The van der Waals surface area contributed by atoms with Crippen LogP contribution < -0.4 is 19.9 Å². The second kappa shape index (κ2) is 13.7. The normalized spacial score (nSPS) is 16.8. The number of carbonyl (C=O) groups excluding carboxylic acids is 2. The number of anilines is 1. The molecule has 7 rings (SSSR count). The summed E-state index contributed by atoms with van der Waals surface area (Å²) in [6.45, 7) is 7.25. The molecule has 0 bridgehead atoms. The maximum Gasteiger partial charge on any atom is 0.262 e. The summed E-state index contributed by atoms with van der Waals surface area (Å²) in [6.07, 6.45) is 0.576. The number of thioether (sulfide) groups is 1. The number of rotatable bonds is 8. The maximum absolute atomic E-state index is 14.0. The molecule has 3 aromatic carbocycles. The van der Waals surface area contributed by atoms with Crippen molar-refractivity contribution in [2.24, 2.45) is 0 Å². The highest BCUT2D eigenvalue weighted by atomic mass is 32.2. The molecule has 0 radical (unpaired) electrons. The molecule has 1 atom stereocenters. The van der Waals surface area contributed by atoms with Crippen LogP contribution in [0.2, 0.25) is 0 Å². The van der Waals surface area contributed by atoms with Crippen LogP contribution in [-0.2, 0) is 16.1 Å². The van der Waals surface area contributed by atoms with Crippen molar-refractivity contribution in [1.82, 2.24) is 19.4 Å². The molecule has 4 aromatic rings. The van der Waals surface area contributed by atoms with E-state index in [0.29, 0.717) is 78.9 Å². The van der Waals surface area contributed by atoms with E-state index in [1.165, 1.54) is 17.4 Å². The first-order valence-electron chi connectivity index (χ1n) is 16.0. The van der Waals surface area contributed by atoms with Crippen molar-refractivity contribution in [3.63, 3.8) is 0 Å². The Morgan fingerprint density at radius 3 is 2.28 bits per heavy atom. The third kappa shape index (κ3) is 6.52. The van der Waals surface area contributed by atoms with Gasteiger partial charge in [0.15, 0.2) is 16.7 Å². The van der Waals surface area contributed by atoms with E-state index in [2.05, 4.69) is 17.0 Å². The monoisotopic (exact) mass is 655 g/mol. The predicted molar refractivity (Wildman–Crippen MR) is 180 cm³/mol. The Bertz CT molecular complexity index is 1820. The van der Waals surface area contributed by atoms with Crippen LogP contribution in [0.3, 0.4) is 0 Å². The molecule has 4 heterocycles. The van der Waals surface area contributed by atoms with Gasteiger partial charge in [0, 0.05) is 56.6 Å². The van der Waals surface area contributed by atoms with Gasteiger partial charge < -0.3 is 28.9 Å². The maximum atomic E-state index is 14.0. The number of benzene rings is 3. The van der Waals surface area contributed by atoms with Gasteiger partial charge in [-0.25, -0.2) is 4.98 Å². The molecule has 2 saturated heterocycles. The van der Waals surface area contributed by atoms with E-state index in [-0.39, 0.29) is 30.7 Å². The molecular formula is C35H37N5O6S. The number of hydrogen-bond donors (Lipinski definition) is 0. The van der Waals surface area contributed by atoms with Crippen LogP contribution in [0.1, 0.15) is 29.3 Å². The van der Waals surface area contributed by atoms with Gasteiger partial charge in [-0.3, -0.25) is 19.0 Å². The Hall–Kier alpha value is -4.55. The summed E-state index contributed by atoms with van der Waals surface area (Å²) < 4.78 is 18.1. The number of para-hydroxylation sites is 1. The number of fused-ring (bicyclic) bond motifs is 2. The molecule has 11 nitrogen and oxygen atoms in total. The summed E-state index contributed by atoms with van der Waals surface area (Å²) in [7, 11) is 0. The van der Waals surface area contributed by atoms with Crippen molar-refractivity contribution >= 4 is 40.2 Å². The average molecular weight is 656 g/mol. The highest BCUT2D eigenvalue weighted by molar-refractivity contribution is 8.00. The largest absolute Gasteiger partial charge is 0.454 e. The summed E-state index contributed by atoms with van der Waals surface area (Å²) in [5.41, 5.74) is 2.87. The third-order valence-electron chi connectivity index (χ3n) is 8.86. The van der Waals surface area contributed by atoms with Gasteiger partial charge >= 0.3 is 0 Å². The Balaban J connectivity index is 1.12. The minimum atomic E-state index is -0.417. The fourth-order valence-corrected chi connectivity index (χ4v) is 7.26. The van der Waals surface area contributed by atoms with Gasteiger partial charge in [0.05, 0.1) is 35.9 Å². The first-order chi connectivity index (χ1) is 23.0. The third-order valence-corrected chi connectivity index (χ3v) is 10.2. The molecule has 0 aliphatic carbocycles. The minimum Gasteiger partial charge on any atom is -0.454 e. The second-order valence-electron chi connectivity index (χ2n) is 11.8. The lowest BCUT2D eigenvalue weighted by Gasteiger charge is -2.36. The van der Waals surface area contributed by atoms with Gasteiger partial charge in [0.1, 0.15) is 0 Å². The van der Waals surface area contributed by atoms with E-state index in [0.717, 1.165) is 18.7 Å². The first kappa shape index (κ1) is 31.1. The Morgan fingerprint density at radius 1 is 0.872 bits per heavy atom. The molecular weight excluding hydrogens is 618 g/mol. The highest BCUT2D eigenvalue weighted by Gasteiger charge is 2.28. The number of amides is 2. The molecule has 0 N–H and O–H groups in total. The summed E-state index contributed by atoms with van der Waals surface area (Å²) in [4.78, 5) is 51.8. The lowest BCUT2D eigenvalue weighted by atomic mass is 10.1. The van der Waals surface area contributed by atoms with Crippen molar-refractivity contribution < 1.29 is 23.8 Å². The van der Waals surface area contributed by atoms with Crippen LogP contribution in [0.5, 0.6) is 11.5 Å². The van der Waals surface area contributed by atoms with E-state index in [9.17, 15) is 14.4 Å². The summed E-state index contributed by atoms with van der Waals surface area (Å²) in [6, 6.07) is 21.1. The van der Waals surface area contributed by atoms with Crippen LogP contribution >= 0.6 is 11.8 Å². The molecule has 2 amide bonds. The van der Waals surface area contributed by atoms with Crippen molar-refractivity contribution in [1.29, 1.82) is 0 Å². The van der Waals surface area contributed by atoms with Crippen LogP contribution in [0.25, 0.3) is 10.9 Å². The van der Waals surface area contributed by atoms with E-state index < -0.39 is 5.25 Å². The van der Waals surface area contributed by atoms with E-state index in [4.69, 9.17) is 19.2 Å². The fraction of sp³-hybridized carbons (Fsp3) is 0.371. The number of morpholine rings is 1. The molecule has 3 aliphatic rings. The lowest BCUT2D eigenvalue weighted by molar-refractivity contribution is -0.134. The fourth-order valence-electron chi connectivity index (χ4n) is 6.17. The number of ether oxygens (including phenoxy) is 3. The van der Waals surface area contributed by atoms with Crippen molar-refractivity contribution in [2.45, 2.75) is 30.3 Å². The minimum absolute atomic E-state index is 0.00599. The average Bonchev–Trinajstić information content (AvgIpc) is 3.59. The second-order valence-corrected chi connectivity index (χ2v) is 12.9. The molecule has 244 valence electrons. The molecule has 0 saturated carbocycles. The van der Waals surface area contributed by atoms with E-state index >= 15 is 0 Å². The topological polar surface area (TPSA) is 106 Å². The summed E-state index contributed by atoms with van der Waals surface area (Å²) >= 11 is 1.31. The van der Waals surface area contributed by atoms with Crippen LogP contribution in [0.4, 0.5) is 5.69 Å². The van der Waals surface area contributed by atoms with Crippen molar-refractivity contribution in [3.05, 3.63) is 88.2 Å². The predicted octanol–water partition coefficient (Wildman–Crippen LogP) is 3.87. The Labute approximate surface area is 277 Å². The number of nitrogens with zero attached hydrogens (tertiary/aromatic N) is 5. The first-order valence-corrected chi connectivity index (χ1v) is 16.9. The zero-order valence-electron chi connectivity index (χ0n) is 26.3. The molecule has 0 unspecified atom stereocenters. The molecule has 47 heavy (non-hydrogen) atoms. The van der Waals surface area contributed by atoms with Crippen LogP contribution in [-0.4, -0.2) is 95.7 Å². The van der Waals surface area contributed by atoms with Gasteiger partial charge in [-0.2, -0.15) is 0 Å². The zero-order chi connectivity index (χ0) is 32.3. The van der Waals surface area contributed by atoms with Crippen molar-refractivity contribution in [2.75, 3.05) is 64.2 Å². The van der Waals surface area contributed by atoms with Gasteiger partial charge in [-0.15, -0.1) is 0 Å². The molecule has 0 spiro atoms.